The number of aliphatic imine (C=N–C) groups is 1. The van der Waals surface area contributed by atoms with E-state index in [1.807, 2.05) is 0 Å². The Morgan fingerprint density at radius 3 is 2.00 bits per heavy atom. The van der Waals surface area contributed by atoms with Gasteiger partial charge in [0.25, 0.3) is 0 Å². The van der Waals surface area contributed by atoms with Gasteiger partial charge in [0.15, 0.2) is 5.96 Å². The van der Waals surface area contributed by atoms with E-state index < -0.39 is 0 Å². The number of hydrogen-bond donors (Lipinski definition) is 1. The fourth-order valence-corrected chi connectivity index (χ4v) is 2.45. The Hall–Kier alpha value is -0.730. The van der Waals surface area contributed by atoms with Gasteiger partial charge in [-0.2, -0.15) is 0 Å². The Morgan fingerprint density at radius 1 is 1.12 bits per heavy atom. The highest BCUT2D eigenvalue weighted by Gasteiger charge is 2.17. The Labute approximate surface area is 106 Å². The zero-order chi connectivity index (χ0) is 12.8. The molecule has 0 aromatic heterocycles. The van der Waals surface area contributed by atoms with E-state index in [4.69, 9.17) is 10.7 Å². The van der Waals surface area contributed by atoms with E-state index >= 15 is 0 Å². The van der Waals surface area contributed by atoms with Crippen LogP contribution in [0.25, 0.3) is 0 Å². The quantitative estimate of drug-likeness (QED) is 0.592. The Bertz CT molecular complexity index is 230. The lowest BCUT2D eigenvalue weighted by atomic mass is 10.1. The third kappa shape index (κ3) is 5.42. The van der Waals surface area contributed by atoms with Gasteiger partial charge in [-0.15, -0.1) is 0 Å². The van der Waals surface area contributed by atoms with Gasteiger partial charge in [-0.25, -0.2) is 4.99 Å². The van der Waals surface area contributed by atoms with Crippen molar-refractivity contribution in [1.82, 2.24) is 4.90 Å². The van der Waals surface area contributed by atoms with Crippen molar-refractivity contribution in [3.05, 3.63) is 0 Å². The van der Waals surface area contributed by atoms with Crippen LogP contribution in [0.3, 0.4) is 0 Å². The molecular formula is C14H29N3. The Kier molecular flexibility index (Phi) is 5.79. The molecule has 3 heteroatoms. The van der Waals surface area contributed by atoms with Gasteiger partial charge in [0.1, 0.15) is 0 Å². The second-order valence-electron chi connectivity index (χ2n) is 6.12. The van der Waals surface area contributed by atoms with Gasteiger partial charge in [0, 0.05) is 13.1 Å². The second-order valence-corrected chi connectivity index (χ2v) is 6.12. The van der Waals surface area contributed by atoms with Crippen molar-refractivity contribution in [2.45, 2.75) is 59.4 Å². The molecule has 0 radical (unpaired) electrons. The van der Waals surface area contributed by atoms with Crippen molar-refractivity contribution in [3.8, 4) is 0 Å². The van der Waals surface area contributed by atoms with E-state index in [0.29, 0.717) is 17.9 Å². The summed E-state index contributed by atoms with van der Waals surface area (Å²) in [4.78, 5) is 6.96. The van der Waals surface area contributed by atoms with Crippen LogP contribution >= 0.6 is 0 Å². The maximum absolute atomic E-state index is 6.17. The maximum Gasteiger partial charge on any atom is 0.191 e. The highest BCUT2D eigenvalue weighted by atomic mass is 15.3. The van der Waals surface area contributed by atoms with Gasteiger partial charge < -0.3 is 10.6 Å². The zero-order valence-corrected chi connectivity index (χ0v) is 11.9. The van der Waals surface area contributed by atoms with Gasteiger partial charge >= 0.3 is 0 Å². The summed E-state index contributed by atoms with van der Waals surface area (Å²) in [6.07, 6.45) is 5.07. The molecule has 1 aliphatic rings. The number of nitrogens with two attached hydrogens (primary N) is 1. The smallest absolute Gasteiger partial charge is 0.191 e. The Balaban J connectivity index is 2.59. The first-order valence-corrected chi connectivity index (χ1v) is 7.07. The average Bonchev–Trinajstić information content (AvgIpc) is 2.67. The van der Waals surface area contributed by atoms with E-state index in [2.05, 4.69) is 32.6 Å². The van der Waals surface area contributed by atoms with E-state index in [-0.39, 0.29) is 0 Å². The molecule has 0 aromatic rings. The van der Waals surface area contributed by atoms with Crippen molar-refractivity contribution in [2.24, 2.45) is 22.6 Å². The third-order valence-corrected chi connectivity index (χ3v) is 3.13. The van der Waals surface area contributed by atoms with Crippen LogP contribution in [0.2, 0.25) is 0 Å². The summed E-state index contributed by atoms with van der Waals surface area (Å²) >= 11 is 0. The molecule has 1 aliphatic carbocycles. The molecule has 0 amide bonds. The van der Waals surface area contributed by atoms with Crippen LogP contribution < -0.4 is 5.73 Å². The van der Waals surface area contributed by atoms with E-state index in [1.54, 1.807) is 0 Å². The van der Waals surface area contributed by atoms with Crippen LogP contribution in [0.1, 0.15) is 53.4 Å². The fraction of sp³-hybridized carbons (Fsp3) is 0.929. The van der Waals surface area contributed by atoms with Crippen LogP contribution in [0.4, 0.5) is 0 Å². The number of hydrogen-bond acceptors (Lipinski definition) is 1. The van der Waals surface area contributed by atoms with Crippen molar-refractivity contribution >= 4 is 5.96 Å². The number of guanidine groups is 1. The van der Waals surface area contributed by atoms with Gasteiger partial charge in [-0.05, 0) is 24.7 Å². The van der Waals surface area contributed by atoms with Gasteiger partial charge in [0.2, 0.25) is 0 Å². The minimum atomic E-state index is 0.483. The lowest BCUT2D eigenvalue weighted by molar-refractivity contribution is 0.323. The van der Waals surface area contributed by atoms with E-state index in [1.165, 1.54) is 25.7 Å². The van der Waals surface area contributed by atoms with E-state index in [0.717, 1.165) is 19.0 Å². The molecule has 0 unspecified atom stereocenters. The van der Waals surface area contributed by atoms with Gasteiger partial charge in [-0.1, -0.05) is 40.5 Å². The van der Waals surface area contributed by atoms with Crippen LogP contribution in [0.5, 0.6) is 0 Å². The maximum atomic E-state index is 6.17. The largest absolute Gasteiger partial charge is 0.370 e. The van der Waals surface area contributed by atoms with Crippen LogP contribution in [0, 0.1) is 11.8 Å². The lowest BCUT2D eigenvalue weighted by Crippen LogP contribution is -2.42. The van der Waals surface area contributed by atoms with Crippen molar-refractivity contribution in [1.29, 1.82) is 0 Å². The normalized spacial score (nSPS) is 18.4. The summed E-state index contributed by atoms with van der Waals surface area (Å²) in [6, 6.07) is 0.483. The monoisotopic (exact) mass is 239 g/mol. The zero-order valence-electron chi connectivity index (χ0n) is 11.9. The van der Waals surface area contributed by atoms with Gasteiger partial charge in [0.05, 0.1) is 6.04 Å². The van der Waals surface area contributed by atoms with Gasteiger partial charge in [-0.3, -0.25) is 0 Å². The van der Waals surface area contributed by atoms with Crippen LogP contribution in [-0.2, 0) is 0 Å². The van der Waals surface area contributed by atoms with Crippen LogP contribution in [-0.4, -0.2) is 30.0 Å². The number of nitrogens with zero attached hydrogens (tertiary/aromatic N) is 2. The molecule has 0 bridgehead atoms. The van der Waals surface area contributed by atoms with Crippen molar-refractivity contribution < 1.29 is 0 Å². The molecule has 0 saturated heterocycles. The minimum absolute atomic E-state index is 0.483. The Morgan fingerprint density at radius 2 is 1.59 bits per heavy atom. The molecule has 2 N–H and O–H groups in total. The fourth-order valence-electron chi connectivity index (χ4n) is 2.45. The third-order valence-electron chi connectivity index (χ3n) is 3.13. The standard InChI is InChI=1S/C14H29N3/c1-11(2)9-17(10-12(3)4)14(15)16-13-7-5-6-8-13/h11-13H,5-10H2,1-4H3,(H2,15,16). The molecule has 0 atom stereocenters. The second kappa shape index (κ2) is 6.87. The van der Waals surface area contributed by atoms with Crippen molar-refractivity contribution in [2.75, 3.05) is 13.1 Å². The predicted octanol–water partition coefficient (Wildman–Crippen LogP) is 2.86. The molecule has 1 saturated carbocycles. The molecule has 3 nitrogen and oxygen atoms in total. The molecule has 0 aromatic carbocycles. The topological polar surface area (TPSA) is 41.6 Å². The summed E-state index contributed by atoms with van der Waals surface area (Å²) < 4.78 is 0. The lowest BCUT2D eigenvalue weighted by Gasteiger charge is -2.28. The summed E-state index contributed by atoms with van der Waals surface area (Å²) in [6.45, 7) is 11.0. The highest BCUT2D eigenvalue weighted by molar-refractivity contribution is 5.78. The van der Waals surface area contributed by atoms with E-state index in [9.17, 15) is 0 Å². The number of rotatable bonds is 5. The molecule has 100 valence electrons. The predicted molar refractivity (Wildman–Crippen MR) is 75.1 cm³/mol. The first-order chi connectivity index (χ1) is 7.99. The van der Waals surface area contributed by atoms with Crippen LogP contribution in [0.15, 0.2) is 4.99 Å². The molecule has 0 spiro atoms. The minimum Gasteiger partial charge on any atom is -0.370 e. The first kappa shape index (κ1) is 14.3. The molecule has 0 heterocycles. The van der Waals surface area contributed by atoms with Crippen molar-refractivity contribution in [3.63, 3.8) is 0 Å². The average molecular weight is 239 g/mol. The SMILES string of the molecule is CC(C)CN(CC(C)C)C(N)=NC1CCCC1. The molecule has 1 rings (SSSR count). The summed E-state index contributed by atoms with van der Waals surface area (Å²) in [7, 11) is 0. The highest BCUT2D eigenvalue weighted by Crippen LogP contribution is 2.21. The summed E-state index contributed by atoms with van der Waals surface area (Å²) in [5.74, 6) is 2.02. The molecular weight excluding hydrogens is 210 g/mol. The molecule has 17 heavy (non-hydrogen) atoms. The first-order valence-electron chi connectivity index (χ1n) is 7.07. The summed E-state index contributed by atoms with van der Waals surface area (Å²) in [5, 5.41) is 0. The molecule has 1 fully saturated rings. The molecule has 0 aliphatic heterocycles. The summed E-state index contributed by atoms with van der Waals surface area (Å²) in [5.41, 5.74) is 6.17.